The summed E-state index contributed by atoms with van der Waals surface area (Å²) in [6.07, 6.45) is 0. The van der Waals surface area contributed by atoms with Crippen LogP contribution in [0.25, 0.3) is 0 Å². The summed E-state index contributed by atoms with van der Waals surface area (Å²) in [5.74, 6) is -0.971. The fourth-order valence-corrected chi connectivity index (χ4v) is 4.43. The second-order valence-electron chi connectivity index (χ2n) is 6.97. The minimum absolute atomic E-state index is 0.0620. The summed E-state index contributed by atoms with van der Waals surface area (Å²) in [7, 11) is -2.71. The highest BCUT2D eigenvalue weighted by Crippen LogP contribution is 2.26. The molecule has 0 aromatic heterocycles. The van der Waals surface area contributed by atoms with Crippen LogP contribution in [0.2, 0.25) is 0 Å². The lowest BCUT2D eigenvalue weighted by Gasteiger charge is -2.24. The van der Waals surface area contributed by atoms with Gasteiger partial charge in [-0.05, 0) is 66.7 Å². The first kappa shape index (κ1) is 23.7. The van der Waals surface area contributed by atoms with Crippen molar-refractivity contribution in [3.8, 4) is 5.75 Å². The Morgan fingerprint density at radius 3 is 2.12 bits per heavy atom. The zero-order valence-corrected chi connectivity index (χ0v) is 18.7. The minimum atomic E-state index is -4.17. The molecule has 2 N–H and O–H groups in total. The van der Waals surface area contributed by atoms with E-state index in [2.05, 4.69) is 10.6 Å². The van der Waals surface area contributed by atoms with E-state index in [9.17, 15) is 22.4 Å². The summed E-state index contributed by atoms with van der Waals surface area (Å²) >= 11 is 0. The number of methoxy groups -OCH3 is 1. The number of carbonyl (C=O) groups is 2. The number of benzene rings is 3. The highest BCUT2D eigenvalue weighted by molar-refractivity contribution is 7.92. The van der Waals surface area contributed by atoms with E-state index >= 15 is 0 Å². The number of hydrogen-bond donors (Lipinski definition) is 2. The Labute approximate surface area is 191 Å². The molecule has 3 rings (SSSR count). The van der Waals surface area contributed by atoms with E-state index in [1.165, 1.54) is 50.4 Å². The second kappa shape index (κ2) is 10.1. The molecule has 0 radical (unpaired) electrons. The predicted octanol–water partition coefficient (Wildman–Crippen LogP) is 3.63. The smallest absolute Gasteiger partial charge is 0.264 e. The predicted molar refractivity (Wildman–Crippen MR) is 123 cm³/mol. The fraction of sp³-hybridized carbons (Fsp3) is 0.130. The van der Waals surface area contributed by atoms with Gasteiger partial charge in [-0.25, -0.2) is 12.8 Å². The van der Waals surface area contributed by atoms with E-state index in [0.717, 1.165) is 16.4 Å². The van der Waals surface area contributed by atoms with Gasteiger partial charge in [0.05, 0.1) is 17.7 Å². The Morgan fingerprint density at radius 2 is 1.55 bits per heavy atom. The van der Waals surface area contributed by atoms with Crippen LogP contribution in [0.15, 0.2) is 77.7 Å². The zero-order valence-electron chi connectivity index (χ0n) is 17.9. The van der Waals surface area contributed by atoms with Crippen LogP contribution in [0.4, 0.5) is 21.5 Å². The average Bonchev–Trinajstić information content (AvgIpc) is 2.78. The summed E-state index contributed by atoms with van der Waals surface area (Å²) in [5.41, 5.74) is 0.961. The molecule has 3 aromatic carbocycles. The van der Waals surface area contributed by atoms with Crippen molar-refractivity contribution in [1.29, 1.82) is 0 Å². The molecule has 172 valence electrons. The van der Waals surface area contributed by atoms with Crippen LogP contribution in [0.3, 0.4) is 0 Å². The van der Waals surface area contributed by atoms with E-state index in [1.54, 1.807) is 24.3 Å². The molecule has 0 aliphatic rings. The summed E-state index contributed by atoms with van der Waals surface area (Å²) in [6, 6.07) is 16.9. The van der Waals surface area contributed by atoms with Crippen molar-refractivity contribution < 1.29 is 27.1 Å². The molecule has 0 aliphatic heterocycles. The van der Waals surface area contributed by atoms with Crippen molar-refractivity contribution >= 4 is 38.9 Å². The molecule has 0 bridgehead atoms. The molecule has 0 aliphatic carbocycles. The lowest BCUT2D eigenvalue weighted by molar-refractivity contribution is -0.115. The maximum absolute atomic E-state index is 13.4. The van der Waals surface area contributed by atoms with Crippen LogP contribution in [-0.2, 0) is 19.6 Å². The normalized spacial score (nSPS) is 10.9. The van der Waals surface area contributed by atoms with Crippen molar-refractivity contribution in [2.24, 2.45) is 0 Å². The Kier molecular flexibility index (Phi) is 7.29. The number of halogens is 1. The number of hydrogen-bond acceptors (Lipinski definition) is 5. The summed E-state index contributed by atoms with van der Waals surface area (Å²) in [5, 5.41) is 5.22. The summed E-state index contributed by atoms with van der Waals surface area (Å²) in [4.78, 5) is 24.0. The van der Waals surface area contributed by atoms with Crippen molar-refractivity contribution in [3.05, 3.63) is 78.6 Å². The number of anilines is 3. The van der Waals surface area contributed by atoms with Gasteiger partial charge in [-0.2, -0.15) is 0 Å². The molecule has 0 fully saturated rings. The summed E-state index contributed by atoms with van der Waals surface area (Å²) < 4.78 is 46.1. The maximum atomic E-state index is 13.4. The monoisotopic (exact) mass is 471 g/mol. The van der Waals surface area contributed by atoms with E-state index in [0.29, 0.717) is 17.1 Å². The largest absolute Gasteiger partial charge is 0.497 e. The molecule has 0 heterocycles. The molecule has 10 heteroatoms. The molecule has 0 saturated carbocycles. The fourth-order valence-electron chi connectivity index (χ4n) is 3.01. The Balaban J connectivity index is 1.89. The van der Waals surface area contributed by atoms with Gasteiger partial charge in [0.2, 0.25) is 11.8 Å². The van der Waals surface area contributed by atoms with Gasteiger partial charge in [-0.15, -0.1) is 0 Å². The third kappa shape index (κ3) is 6.07. The highest BCUT2D eigenvalue weighted by atomic mass is 32.2. The standard InChI is InChI=1S/C23H22FN3O5S/c1-16(28)25-18-4-3-5-19(14-18)26-23(29)15-27(20-8-6-17(24)7-9-20)33(30,31)22-12-10-21(32-2)11-13-22/h3-14H,15H2,1-2H3,(H,25,28)(H,26,29). The van der Waals surface area contributed by atoms with Crippen LogP contribution >= 0.6 is 0 Å². The van der Waals surface area contributed by atoms with Crippen molar-refractivity contribution in [3.63, 3.8) is 0 Å². The van der Waals surface area contributed by atoms with Crippen molar-refractivity contribution in [2.75, 3.05) is 28.6 Å². The minimum Gasteiger partial charge on any atom is -0.497 e. The Morgan fingerprint density at radius 1 is 0.939 bits per heavy atom. The molecule has 2 amide bonds. The lowest BCUT2D eigenvalue weighted by Crippen LogP contribution is -2.38. The Hall–Kier alpha value is -3.92. The van der Waals surface area contributed by atoms with Crippen LogP contribution < -0.4 is 19.7 Å². The van der Waals surface area contributed by atoms with Crippen molar-refractivity contribution in [2.45, 2.75) is 11.8 Å². The number of carbonyl (C=O) groups excluding carboxylic acids is 2. The first-order valence-corrected chi connectivity index (χ1v) is 11.2. The number of amides is 2. The third-order valence-electron chi connectivity index (χ3n) is 4.52. The van der Waals surface area contributed by atoms with Crippen LogP contribution in [0, 0.1) is 5.82 Å². The SMILES string of the molecule is COc1ccc(S(=O)(=O)N(CC(=O)Nc2cccc(NC(C)=O)c2)c2ccc(F)cc2)cc1. The van der Waals surface area contributed by atoms with Gasteiger partial charge in [0, 0.05) is 18.3 Å². The zero-order chi connectivity index (χ0) is 24.0. The first-order chi connectivity index (χ1) is 15.7. The van der Waals surface area contributed by atoms with Crippen LogP contribution in [-0.4, -0.2) is 33.9 Å². The molecular formula is C23H22FN3O5S. The topological polar surface area (TPSA) is 105 Å². The molecule has 0 saturated heterocycles. The molecule has 33 heavy (non-hydrogen) atoms. The molecule has 0 spiro atoms. The van der Waals surface area contributed by atoms with Gasteiger partial charge in [-0.1, -0.05) is 6.07 Å². The number of rotatable bonds is 8. The number of ether oxygens (including phenoxy) is 1. The number of sulfonamides is 1. The van der Waals surface area contributed by atoms with E-state index in [1.807, 2.05) is 0 Å². The molecule has 3 aromatic rings. The van der Waals surface area contributed by atoms with Gasteiger partial charge >= 0.3 is 0 Å². The highest BCUT2D eigenvalue weighted by Gasteiger charge is 2.27. The van der Waals surface area contributed by atoms with Crippen LogP contribution in [0.5, 0.6) is 5.75 Å². The van der Waals surface area contributed by atoms with Crippen LogP contribution in [0.1, 0.15) is 6.92 Å². The molecule has 8 nitrogen and oxygen atoms in total. The first-order valence-electron chi connectivity index (χ1n) is 9.79. The van der Waals surface area contributed by atoms with E-state index in [-0.39, 0.29) is 16.5 Å². The second-order valence-corrected chi connectivity index (χ2v) is 8.84. The maximum Gasteiger partial charge on any atom is 0.264 e. The summed E-state index contributed by atoms with van der Waals surface area (Å²) in [6.45, 7) is 0.792. The van der Waals surface area contributed by atoms with Crippen molar-refractivity contribution in [1.82, 2.24) is 0 Å². The van der Waals surface area contributed by atoms with Gasteiger partial charge in [0.1, 0.15) is 18.1 Å². The third-order valence-corrected chi connectivity index (χ3v) is 6.30. The molecular weight excluding hydrogens is 449 g/mol. The quantitative estimate of drug-likeness (QED) is 0.522. The van der Waals surface area contributed by atoms with Gasteiger partial charge in [0.15, 0.2) is 0 Å². The van der Waals surface area contributed by atoms with Gasteiger partial charge in [0.25, 0.3) is 10.0 Å². The van der Waals surface area contributed by atoms with E-state index < -0.39 is 28.3 Å². The molecule has 0 unspecified atom stereocenters. The number of nitrogens with one attached hydrogen (secondary N) is 2. The Bertz CT molecular complexity index is 1250. The van der Waals surface area contributed by atoms with Gasteiger partial charge in [-0.3, -0.25) is 13.9 Å². The number of nitrogens with zero attached hydrogens (tertiary/aromatic N) is 1. The molecule has 0 atom stereocenters. The van der Waals surface area contributed by atoms with E-state index in [4.69, 9.17) is 4.74 Å². The van der Waals surface area contributed by atoms with Gasteiger partial charge < -0.3 is 15.4 Å². The average molecular weight is 472 g/mol. The lowest BCUT2D eigenvalue weighted by atomic mass is 10.2.